The van der Waals surface area contributed by atoms with Crippen LogP contribution in [0, 0.1) is 5.82 Å². The molecular formula is C29H34FN5O3. The Balaban J connectivity index is 1.28. The lowest BCUT2D eigenvalue weighted by Gasteiger charge is -2.35. The van der Waals surface area contributed by atoms with Crippen molar-refractivity contribution in [2.45, 2.75) is 13.1 Å². The van der Waals surface area contributed by atoms with Gasteiger partial charge in [0.2, 0.25) is 0 Å². The van der Waals surface area contributed by atoms with E-state index >= 15 is 0 Å². The van der Waals surface area contributed by atoms with Crippen LogP contribution in [0.5, 0.6) is 5.75 Å². The van der Waals surface area contributed by atoms with Crippen LogP contribution in [-0.4, -0.2) is 73.1 Å². The summed E-state index contributed by atoms with van der Waals surface area (Å²) in [7, 11) is 1.59. The molecule has 0 atom stereocenters. The van der Waals surface area contributed by atoms with Gasteiger partial charge in [-0.3, -0.25) is 4.90 Å². The molecular weight excluding hydrogens is 485 g/mol. The van der Waals surface area contributed by atoms with Crippen molar-refractivity contribution < 1.29 is 18.7 Å². The third kappa shape index (κ3) is 7.94. The molecule has 8 nitrogen and oxygen atoms in total. The third-order valence-electron chi connectivity index (χ3n) is 6.53. The SMILES string of the molecule is COc1cccc(NC(=O)N2CCN(CCN(Cc3ccc(F)cc3)C(=O)NCc3ccccc3)CC2)c1. The molecule has 1 aliphatic heterocycles. The first-order chi connectivity index (χ1) is 18.5. The molecule has 0 aromatic heterocycles. The lowest BCUT2D eigenvalue weighted by molar-refractivity contribution is 0.134. The van der Waals surface area contributed by atoms with Gasteiger partial charge in [0.05, 0.1) is 7.11 Å². The fourth-order valence-corrected chi connectivity index (χ4v) is 4.29. The molecule has 0 bridgehead atoms. The largest absolute Gasteiger partial charge is 0.497 e. The molecule has 4 amide bonds. The number of hydrogen-bond acceptors (Lipinski definition) is 4. The van der Waals surface area contributed by atoms with Gasteiger partial charge in [-0.2, -0.15) is 0 Å². The predicted molar refractivity (Wildman–Crippen MR) is 146 cm³/mol. The Hall–Kier alpha value is -4.11. The van der Waals surface area contributed by atoms with Gasteiger partial charge >= 0.3 is 12.1 Å². The van der Waals surface area contributed by atoms with Gasteiger partial charge in [0.25, 0.3) is 0 Å². The van der Waals surface area contributed by atoms with Crippen LogP contribution < -0.4 is 15.4 Å². The molecule has 0 radical (unpaired) electrons. The standard InChI is InChI=1S/C29H34FN5O3/c1-38-27-9-5-8-26(20-27)32-29(37)34-17-14-33(15-18-34)16-19-35(22-24-10-12-25(30)13-11-24)28(36)31-21-23-6-3-2-4-7-23/h2-13,20H,14-19,21-22H2,1H3,(H,31,36)(H,32,37). The van der Waals surface area contributed by atoms with Crippen LogP contribution in [0.1, 0.15) is 11.1 Å². The molecule has 0 unspecified atom stereocenters. The predicted octanol–water partition coefficient (Wildman–Crippen LogP) is 4.40. The van der Waals surface area contributed by atoms with E-state index in [1.54, 1.807) is 35.1 Å². The minimum atomic E-state index is -0.304. The average molecular weight is 520 g/mol. The zero-order valence-electron chi connectivity index (χ0n) is 21.6. The highest BCUT2D eigenvalue weighted by atomic mass is 19.1. The Morgan fingerprint density at radius 3 is 2.37 bits per heavy atom. The van der Waals surface area contributed by atoms with Crippen molar-refractivity contribution in [3.8, 4) is 5.75 Å². The first-order valence-electron chi connectivity index (χ1n) is 12.7. The molecule has 0 aliphatic carbocycles. The number of carbonyl (C=O) groups is 2. The van der Waals surface area contributed by atoms with Gasteiger partial charge in [0, 0.05) is 64.1 Å². The Bertz CT molecular complexity index is 1180. The second-order valence-electron chi connectivity index (χ2n) is 9.18. The van der Waals surface area contributed by atoms with Crippen LogP contribution in [0.3, 0.4) is 0 Å². The molecule has 200 valence electrons. The number of nitrogens with one attached hydrogen (secondary N) is 2. The summed E-state index contributed by atoms with van der Waals surface area (Å²) in [4.78, 5) is 31.6. The summed E-state index contributed by atoms with van der Waals surface area (Å²) in [6, 6.07) is 22.9. The molecule has 1 saturated heterocycles. The molecule has 1 fully saturated rings. The number of halogens is 1. The maximum absolute atomic E-state index is 13.4. The molecule has 0 spiro atoms. The number of ether oxygens (including phenoxy) is 1. The van der Waals surface area contributed by atoms with Crippen LogP contribution >= 0.6 is 0 Å². The average Bonchev–Trinajstić information content (AvgIpc) is 2.96. The zero-order chi connectivity index (χ0) is 26.7. The van der Waals surface area contributed by atoms with E-state index in [1.807, 2.05) is 48.5 Å². The van der Waals surface area contributed by atoms with E-state index < -0.39 is 0 Å². The van der Waals surface area contributed by atoms with Crippen LogP contribution in [0.25, 0.3) is 0 Å². The molecule has 4 rings (SSSR count). The summed E-state index contributed by atoms with van der Waals surface area (Å²) in [5, 5.41) is 5.92. The number of methoxy groups -OCH3 is 1. The number of piperazine rings is 1. The minimum absolute atomic E-state index is 0.142. The molecule has 9 heteroatoms. The number of benzene rings is 3. The van der Waals surface area contributed by atoms with Crippen molar-refractivity contribution in [2.24, 2.45) is 0 Å². The molecule has 0 saturated carbocycles. The summed E-state index contributed by atoms with van der Waals surface area (Å²) in [5.41, 5.74) is 2.57. The normalized spacial score (nSPS) is 13.6. The highest BCUT2D eigenvalue weighted by Gasteiger charge is 2.22. The number of amides is 4. The van der Waals surface area contributed by atoms with Crippen molar-refractivity contribution in [2.75, 3.05) is 51.7 Å². The smallest absolute Gasteiger partial charge is 0.321 e. The molecule has 3 aromatic rings. The van der Waals surface area contributed by atoms with Gasteiger partial charge in [-0.1, -0.05) is 48.5 Å². The first kappa shape index (κ1) is 26.9. The summed E-state index contributed by atoms with van der Waals surface area (Å²) < 4.78 is 18.6. The quantitative estimate of drug-likeness (QED) is 0.440. The number of carbonyl (C=O) groups excluding carboxylic acids is 2. The highest BCUT2D eigenvalue weighted by molar-refractivity contribution is 5.89. The van der Waals surface area contributed by atoms with Crippen molar-refractivity contribution in [3.05, 3.63) is 95.8 Å². The Labute approximate surface area is 223 Å². The molecule has 1 heterocycles. The summed E-state index contributed by atoms with van der Waals surface area (Å²) in [6.07, 6.45) is 0. The van der Waals surface area contributed by atoms with E-state index in [-0.39, 0.29) is 17.9 Å². The molecule has 2 N–H and O–H groups in total. The lowest BCUT2D eigenvalue weighted by Crippen LogP contribution is -2.52. The Morgan fingerprint density at radius 2 is 1.66 bits per heavy atom. The van der Waals surface area contributed by atoms with Crippen LogP contribution in [0.2, 0.25) is 0 Å². The van der Waals surface area contributed by atoms with Gasteiger partial charge in [-0.25, -0.2) is 14.0 Å². The maximum atomic E-state index is 13.4. The van der Waals surface area contributed by atoms with Crippen molar-refractivity contribution in [1.29, 1.82) is 0 Å². The fraction of sp³-hybridized carbons (Fsp3) is 0.310. The molecule has 38 heavy (non-hydrogen) atoms. The van der Waals surface area contributed by atoms with Gasteiger partial charge in [-0.05, 0) is 35.4 Å². The number of urea groups is 2. The van der Waals surface area contributed by atoms with E-state index in [9.17, 15) is 14.0 Å². The number of rotatable bonds is 9. The van der Waals surface area contributed by atoms with Crippen molar-refractivity contribution in [3.63, 3.8) is 0 Å². The number of nitrogens with zero attached hydrogens (tertiary/aromatic N) is 3. The van der Waals surface area contributed by atoms with Gasteiger partial charge in [0.1, 0.15) is 11.6 Å². The van der Waals surface area contributed by atoms with Gasteiger partial charge < -0.3 is 25.2 Å². The van der Waals surface area contributed by atoms with E-state index in [1.165, 1.54) is 12.1 Å². The second kappa shape index (κ2) is 13.4. The van der Waals surface area contributed by atoms with Crippen LogP contribution in [0.4, 0.5) is 19.7 Å². The van der Waals surface area contributed by atoms with Gasteiger partial charge in [-0.15, -0.1) is 0 Å². The van der Waals surface area contributed by atoms with Crippen molar-refractivity contribution >= 4 is 17.7 Å². The minimum Gasteiger partial charge on any atom is -0.497 e. The first-order valence-corrected chi connectivity index (χ1v) is 12.7. The summed E-state index contributed by atoms with van der Waals surface area (Å²) in [5.74, 6) is 0.382. The monoisotopic (exact) mass is 519 g/mol. The topological polar surface area (TPSA) is 77.2 Å². The van der Waals surface area contributed by atoms with Crippen molar-refractivity contribution in [1.82, 2.24) is 20.0 Å². The maximum Gasteiger partial charge on any atom is 0.321 e. The van der Waals surface area contributed by atoms with E-state index in [4.69, 9.17) is 4.74 Å². The van der Waals surface area contributed by atoms with E-state index in [0.717, 1.165) is 11.1 Å². The third-order valence-corrected chi connectivity index (χ3v) is 6.53. The summed E-state index contributed by atoms with van der Waals surface area (Å²) >= 11 is 0. The van der Waals surface area contributed by atoms with E-state index in [0.29, 0.717) is 63.8 Å². The summed E-state index contributed by atoms with van der Waals surface area (Å²) in [6.45, 7) is 4.59. The Morgan fingerprint density at radius 1 is 0.921 bits per heavy atom. The lowest BCUT2D eigenvalue weighted by atomic mass is 10.2. The zero-order valence-corrected chi connectivity index (χ0v) is 21.6. The second-order valence-corrected chi connectivity index (χ2v) is 9.18. The highest BCUT2D eigenvalue weighted by Crippen LogP contribution is 2.17. The molecule has 3 aromatic carbocycles. The van der Waals surface area contributed by atoms with Gasteiger partial charge in [0.15, 0.2) is 0 Å². The van der Waals surface area contributed by atoms with Crippen LogP contribution in [-0.2, 0) is 13.1 Å². The molecule has 1 aliphatic rings. The van der Waals surface area contributed by atoms with E-state index in [2.05, 4.69) is 15.5 Å². The number of anilines is 1. The number of hydrogen-bond donors (Lipinski definition) is 2. The Kier molecular flexibility index (Phi) is 9.53. The fourth-order valence-electron chi connectivity index (χ4n) is 4.29. The van der Waals surface area contributed by atoms with Crippen LogP contribution in [0.15, 0.2) is 78.9 Å².